The molecule has 1 amide bonds. The Morgan fingerprint density at radius 2 is 2.11 bits per heavy atom. The summed E-state index contributed by atoms with van der Waals surface area (Å²) in [7, 11) is 2.96. The predicted molar refractivity (Wildman–Crippen MR) is 76.1 cm³/mol. The van der Waals surface area contributed by atoms with Gasteiger partial charge in [-0.1, -0.05) is 15.9 Å². The number of ether oxygens (including phenoxy) is 1. The number of benzene rings is 1. The van der Waals surface area contributed by atoms with Gasteiger partial charge < -0.3 is 10.1 Å². The standard InChI is InChI=1S/C11H13BrClNO4S/c1-7-9(11(15)14-3-4-18-2)5-8(12)6-10(7)19(13,16)17/h5-6H,3-4H2,1-2H3,(H,14,15). The zero-order valence-electron chi connectivity index (χ0n) is 10.4. The van der Waals surface area contributed by atoms with Crippen LogP contribution in [0.5, 0.6) is 0 Å². The third-order valence-electron chi connectivity index (χ3n) is 2.42. The number of rotatable bonds is 5. The lowest BCUT2D eigenvalue weighted by Crippen LogP contribution is -2.27. The lowest BCUT2D eigenvalue weighted by Gasteiger charge is -2.11. The average Bonchev–Trinajstić information content (AvgIpc) is 2.30. The summed E-state index contributed by atoms with van der Waals surface area (Å²) < 4.78 is 28.2. The molecular formula is C11H13BrClNO4S. The van der Waals surface area contributed by atoms with Crippen LogP contribution in [0.1, 0.15) is 15.9 Å². The fourth-order valence-electron chi connectivity index (χ4n) is 1.50. The fraction of sp³-hybridized carbons (Fsp3) is 0.364. The highest BCUT2D eigenvalue weighted by Crippen LogP contribution is 2.27. The summed E-state index contributed by atoms with van der Waals surface area (Å²) in [6, 6.07) is 2.91. The highest BCUT2D eigenvalue weighted by molar-refractivity contribution is 9.10. The Balaban J connectivity index is 3.15. The maximum absolute atomic E-state index is 11.9. The normalized spacial score (nSPS) is 11.4. The molecule has 0 saturated heterocycles. The summed E-state index contributed by atoms with van der Waals surface area (Å²) in [5.74, 6) is -0.377. The topological polar surface area (TPSA) is 72.5 Å². The van der Waals surface area contributed by atoms with Crippen molar-refractivity contribution in [2.24, 2.45) is 0 Å². The largest absolute Gasteiger partial charge is 0.383 e. The molecule has 0 unspecified atom stereocenters. The minimum atomic E-state index is -3.90. The van der Waals surface area contributed by atoms with Crippen LogP contribution in [0.2, 0.25) is 0 Å². The lowest BCUT2D eigenvalue weighted by atomic mass is 10.1. The third-order valence-corrected chi connectivity index (χ3v) is 4.33. The van der Waals surface area contributed by atoms with Crippen molar-refractivity contribution in [3.05, 3.63) is 27.7 Å². The Morgan fingerprint density at radius 1 is 1.47 bits per heavy atom. The molecule has 1 rings (SSSR count). The summed E-state index contributed by atoms with van der Waals surface area (Å²) in [5.41, 5.74) is 0.567. The smallest absolute Gasteiger partial charge is 0.261 e. The van der Waals surface area contributed by atoms with Crippen LogP contribution in [0.25, 0.3) is 0 Å². The Bertz CT molecular complexity index is 589. The van der Waals surface area contributed by atoms with E-state index in [2.05, 4.69) is 21.2 Å². The molecule has 0 aliphatic rings. The summed E-state index contributed by atoms with van der Waals surface area (Å²) in [6.07, 6.45) is 0. The second kappa shape index (κ2) is 6.69. The van der Waals surface area contributed by atoms with Gasteiger partial charge in [0.1, 0.15) is 0 Å². The van der Waals surface area contributed by atoms with Crippen LogP contribution in [0.15, 0.2) is 21.5 Å². The van der Waals surface area contributed by atoms with E-state index in [0.29, 0.717) is 23.2 Å². The molecule has 0 saturated carbocycles. The molecule has 0 radical (unpaired) electrons. The summed E-state index contributed by atoms with van der Waals surface area (Å²) in [4.78, 5) is 11.9. The average molecular weight is 371 g/mol. The fourth-order valence-corrected chi connectivity index (χ4v) is 3.34. The van der Waals surface area contributed by atoms with Gasteiger partial charge in [0.05, 0.1) is 11.5 Å². The van der Waals surface area contributed by atoms with Crippen LogP contribution in [-0.2, 0) is 13.8 Å². The van der Waals surface area contributed by atoms with Gasteiger partial charge in [0.15, 0.2) is 0 Å². The van der Waals surface area contributed by atoms with Crippen molar-refractivity contribution in [3.63, 3.8) is 0 Å². The Kier molecular flexibility index (Phi) is 5.79. The number of carbonyl (C=O) groups is 1. The molecule has 0 heterocycles. The highest BCUT2D eigenvalue weighted by Gasteiger charge is 2.20. The van der Waals surface area contributed by atoms with E-state index in [1.165, 1.54) is 20.1 Å². The zero-order valence-corrected chi connectivity index (χ0v) is 13.5. The zero-order chi connectivity index (χ0) is 14.6. The van der Waals surface area contributed by atoms with Gasteiger partial charge in [-0.3, -0.25) is 4.79 Å². The molecule has 0 fully saturated rings. The molecular weight excluding hydrogens is 358 g/mol. The Labute approximate surface area is 124 Å². The first-order chi connectivity index (χ1) is 8.77. The van der Waals surface area contributed by atoms with Crippen molar-refractivity contribution in [1.29, 1.82) is 0 Å². The van der Waals surface area contributed by atoms with E-state index in [9.17, 15) is 13.2 Å². The van der Waals surface area contributed by atoms with Crippen molar-refractivity contribution in [2.45, 2.75) is 11.8 Å². The van der Waals surface area contributed by atoms with E-state index in [1.54, 1.807) is 6.07 Å². The van der Waals surface area contributed by atoms with Gasteiger partial charge in [-0.15, -0.1) is 0 Å². The lowest BCUT2D eigenvalue weighted by molar-refractivity contribution is 0.0936. The second-order valence-corrected chi connectivity index (χ2v) is 7.21. The van der Waals surface area contributed by atoms with Gasteiger partial charge in [0.25, 0.3) is 15.0 Å². The van der Waals surface area contributed by atoms with Crippen molar-refractivity contribution < 1.29 is 17.9 Å². The SMILES string of the molecule is COCCNC(=O)c1cc(Br)cc(S(=O)(=O)Cl)c1C. The van der Waals surface area contributed by atoms with E-state index in [4.69, 9.17) is 15.4 Å². The number of carbonyl (C=O) groups excluding carboxylic acids is 1. The highest BCUT2D eigenvalue weighted by atomic mass is 79.9. The number of amides is 1. The van der Waals surface area contributed by atoms with Crippen LogP contribution in [0, 0.1) is 6.92 Å². The summed E-state index contributed by atoms with van der Waals surface area (Å²) >= 11 is 3.16. The van der Waals surface area contributed by atoms with E-state index < -0.39 is 9.05 Å². The van der Waals surface area contributed by atoms with E-state index in [-0.39, 0.29) is 16.4 Å². The molecule has 0 aliphatic carbocycles. The summed E-state index contributed by atoms with van der Waals surface area (Å²) in [6.45, 7) is 2.25. The number of hydrogen-bond donors (Lipinski definition) is 1. The van der Waals surface area contributed by atoms with E-state index >= 15 is 0 Å². The quantitative estimate of drug-likeness (QED) is 0.636. The van der Waals surface area contributed by atoms with E-state index in [0.717, 1.165) is 0 Å². The maximum atomic E-state index is 11.9. The number of methoxy groups -OCH3 is 1. The third kappa shape index (κ3) is 4.45. The van der Waals surface area contributed by atoms with Crippen molar-refractivity contribution in [1.82, 2.24) is 5.32 Å². The molecule has 106 valence electrons. The first kappa shape index (κ1) is 16.4. The molecule has 5 nitrogen and oxygen atoms in total. The maximum Gasteiger partial charge on any atom is 0.261 e. The van der Waals surface area contributed by atoms with Crippen LogP contribution < -0.4 is 5.32 Å². The summed E-state index contributed by atoms with van der Waals surface area (Å²) in [5, 5.41) is 2.62. The van der Waals surface area contributed by atoms with Crippen molar-refractivity contribution >= 4 is 41.6 Å². The molecule has 0 spiro atoms. The molecule has 8 heteroatoms. The predicted octanol–water partition coefficient (Wildman–Crippen LogP) is 2.06. The monoisotopic (exact) mass is 369 g/mol. The van der Waals surface area contributed by atoms with Gasteiger partial charge in [-0.2, -0.15) is 0 Å². The minimum Gasteiger partial charge on any atom is -0.383 e. The van der Waals surface area contributed by atoms with Crippen molar-refractivity contribution in [3.8, 4) is 0 Å². The van der Waals surface area contributed by atoms with Crippen LogP contribution in [0.3, 0.4) is 0 Å². The van der Waals surface area contributed by atoms with Gasteiger partial charge in [0.2, 0.25) is 0 Å². The minimum absolute atomic E-state index is 0.0829. The molecule has 0 bridgehead atoms. The van der Waals surface area contributed by atoms with Crippen molar-refractivity contribution in [2.75, 3.05) is 20.3 Å². The molecule has 1 N–H and O–H groups in total. The molecule has 0 aliphatic heterocycles. The molecule has 0 aromatic heterocycles. The molecule has 19 heavy (non-hydrogen) atoms. The van der Waals surface area contributed by atoms with Crippen LogP contribution >= 0.6 is 26.6 Å². The first-order valence-corrected chi connectivity index (χ1v) is 8.39. The van der Waals surface area contributed by atoms with Gasteiger partial charge >= 0.3 is 0 Å². The number of nitrogens with one attached hydrogen (secondary N) is 1. The second-order valence-electron chi connectivity index (χ2n) is 3.76. The molecule has 1 aromatic rings. The Hall–Kier alpha value is -0.630. The van der Waals surface area contributed by atoms with Gasteiger partial charge in [-0.05, 0) is 24.6 Å². The molecule has 1 aromatic carbocycles. The van der Waals surface area contributed by atoms with Crippen LogP contribution in [-0.4, -0.2) is 34.6 Å². The first-order valence-electron chi connectivity index (χ1n) is 5.29. The van der Waals surface area contributed by atoms with Gasteiger partial charge in [0, 0.05) is 34.4 Å². The van der Waals surface area contributed by atoms with Crippen LogP contribution in [0.4, 0.5) is 0 Å². The van der Waals surface area contributed by atoms with E-state index in [1.807, 2.05) is 0 Å². The Morgan fingerprint density at radius 3 is 2.63 bits per heavy atom. The van der Waals surface area contributed by atoms with Gasteiger partial charge in [-0.25, -0.2) is 8.42 Å². The molecule has 0 atom stereocenters. The number of halogens is 2. The number of hydrogen-bond acceptors (Lipinski definition) is 4.